The fraction of sp³-hybridized carbons (Fsp3) is 0.500. The second-order valence-corrected chi connectivity index (χ2v) is 13.6. The van der Waals surface area contributed by atoms with Crippen LogP contribution in [-0.2, 0) is 45.3 Å². The number of allylic oxidation sites excluding steroid dienone is 2. The van der Waals surface area contributed by atoms with Crippen LogP contribution in [0, 0.1) is 10.1 Å². The van der Waals surface area contributed by atoms with Gasteiger partial charge >= 0.3 is 17.8 Å². The third-order valence-corrected chi connectivity index (χ3v) is 7.31. The van der Waals surface area contributed by atoms with E-state index >= 15 is 0 Å². The van der Waals surface area contributed by atoms with E-state index in [4.69, 9.17) is 13.9 Å². The summed E-state index contributed by atoms with van der Waals surface area (Å²) >= 11 is 0. The molecule has 0 radical (unpaired) electrons. The predicted octanol–water partition coefficient (Wildman–Crippen LogP) is 1.08. The van der Waals surface area contributed by atoms with Crippen LogP contribution >= 0.6 is 0 Å². The summed E-state index contributed by atoms with van der Waals surface area (Å²) < 4.78 is 61.6. The lowest BCUT2D eigenvalue weighted by molar-refractivity contribution is -0.402. The molecule has 0 amide bonds. The normalized spacial score (nSPS) is 16.2. The number of ether oxygens (including phenoxy) is 2. The summed E-state index contributed by atoms with van der Waals surface area (Å²) in [5.74, 6) is -3.34. The molecule has 2 rings (SSSR count). The van der Waals surface area contributed by atoms with Crippen molar-refractivity contribution in [3.05, 3.63) is 63.1 Å². The van der Waals surface area contributed by atoms with E-state index in [1.54, 1.807) is 17.9 Å². The summed E-state index contributed by atoms with van der Waals surface area (Å²) in [5, 5.41) is 20.4. The molecule has 1 aliphatic heterocycles. The first-order valence-corrected chi connectivity index (χ1v) is 16.2. The lowest BCUT2D eigenvalue weighted by Gasteiger charge is -2.28. The summed E-state index contributed by atoms with van der Waals surface area (Å²) in [4.78, 5) is 38.2. The maximum atomic E-state index is 13.2. The largest absolute Gasteiger partial charge is 0.461 e. The van der Waals surface area contributed by atoms with Crippen LogP contribution in [0.2, 0.25) is 0 Å². The molecule has 1 unspecified atom stereocenters. The highest BCUT2D eigenvalue weighted by Gasteiger charge is 2.28. The van der Waals surface area contributed by atoms with Crippen LogP contribution in [0.15, 0.2) is 51.6 Å². The Morgan fingerprint density at radius 3 is 2.12 bits per heavy atom. The van der Waals surface area contributed by atoms with Crippen molar-refractivity contribution in [3.63, 3.8) is 0 Å². The van der Waals surface area contributed by atoms with Crippen LogP contribution in [0.25, 0.3) is 0 Å². The average Bonchev–Trinajstić information content (AvgIpc) is 3.30. The third-order valence-electron chi connectivity index (χ3n) is 5.50. The molecule has 1 aliphatic rings. The highest BCUT2D eigenvalue weighted by molar-refractivity contribution is 7.90. The zero-order valence-electron chi connectivity index (χ0n) is 22.3. The summed E-state index contributed by atoms with van der Waals surface area (Å²) in [5.41, 5.74) is -0.0775. The first-order valence-electron chi connectivity index (χ1n) is 12.0. The van der Waals surface area contributed by atoms with Crippen LogP contribution in [0.4, 0.5) is 5.88 Å². The molecule has 40 heavy (non-hydrogen) atoms. The number of carbonyl (C=O) groups is 2. The smallest absolute Gasteiger partial charge is 0.433 e. The fourth-order valence-electron chi connectivity index (χ4n) is 3.49. The van der Waals surface area contributed by atoms with Crippen molar-refractivity contribution >= 4 is 37.5 Å². The Balaban J connectivity index is 2.56. The summed E-state index contributed by atoms with van der Waals surface area (Å²) in [6, 6.07) is 2.09. The Hall–Kier alpha value is -3.50. The number of nitro groups is 1. The van der Waals surface area contributed by atoms with Gasteiger partial charge in [-0.25, -0.2) is 26.4 Å². The Labute approximate surface area is 231 Å². The molecule has 0 aliphatic carbocycles. The maximum Gasteiger partial charge on any atom is 0.433 e. The number of rotatable bonds is 14. The molecule has 1 atom stereocenters. The van der Waals surface area contributed by atoms with Crippen LogP contribution in [0.3, 0.4) is 0 Å². The van der Waals surface area contributed by atoms with Crippen molar-refractivity contribution in [2.24, 2.45) is 0 Å². The minimum absolute atomic E-state index is 0.0741. The Morgan fingerprint density at radius 1 is 1.05 bits per heavy atom. The number of aliphatic hydroxyl groups excluding tert-OH is 1. The summed E-state index contributed by atoms with van der Waals surface area (Å²) in [6.07, 6.45) is 6.92. The van der Waals surface area contributed by atoms with Crippen molar-refractivity contribution in [2.75, 3.05) is 43.8 Å². The minimum atomic E-state index is -3.47. The highest BCUT2D eigenvalue weighted by atomic mass is 32.2. The minimum Gasteiger partial charge on any atom is -0.461 e. The van der Waals surface area contributed by atoms with E-state index in [-0.39, 0.29) is 36.5 Å². The first-order chi connectivity index (χ1) is 18.6. The van der Waals surface area contributed by atoms with E-state index in [2.05, 4.69) is 0 Å². The van der Waals surface area contributed by atoms with E-state index < -0.39 is 73.2 Å². The molecule has 16 heteroatoms. The van der Waals surface area contributed by atoms with E-state index in [1.165, 1.54) is 24.4 Å². The van der Waals surface area contributed by atoms with Crippen molar-refractivity contribution < 1.29 is 50.3 Å². The molecule has 2 heterocycles. The van der Waals surface area contributed by atoms with Crippen molar-refractivity contribution in [3.8, 4) is 0 Å². The Kier molecular flexibility index (Phi) is 11.6. The summed E-state index contributed by atoms with van der Waals surface area (Å²) in [7, 11) is -6.94. The van der Waals surface area contributed by atoms with Crippen LogP contribution in [0.5, 0.6) is 0 Å². The van der Waals surface area contributed by atoms with Crippen LogP contribution in [0.1, 0.15) is 25.5 Å². The number of hydrogen-bond acceptors (Lipinski definition) is 13. The maximum absolute atomic E-state index is 13.2. The molecule has 1 N–H and O–H groups in total. The van der Waals surface area contributed by atoms with Crippen LogP contribution in [-0.4, -0.2) is 93.6 Å². The van der Waals surface area contributed by atoms with E-state index in [0.717, 1.165) is 12.5 Å². The number of nitrogens with zero attached hydrogens (tertiary/aromatic N) is 2. The Bertz CT molecular complexity index is 1400. The van der Waals surface area contributed by atoms with Gasteiger partial charge in [-0.3, -0.25) is 10.1 Å². The average molecular weight is 605 g/mol. The van der Waals surface area contributed by atoms with Gasteiger partial charge in [0.05, 0.1) is 35.3 Å². The molecule has 0 saturated heterocycles. The molecule has 0 aromatic carbocycles. The quantitative estimate of drug-likeness (QED) is 0.180. The van der Waals surface area contributed by atoms with Gasteiger partial charge in [0.15, 0.2) is 19.7 Å². The molecular formula is C24H32N2O12S2. The molecule has 1 aromatic heterocycles. The first kappa shape index (κ1) is 32.7. The zero-order chi connectivity index (χ0) is 30.1. The van der Waals surface area contributed by atoms with Gasteiger partial charge in [0.25, 0.3) is 0 Å². The molecule has 0 spiro atoms. The van der Waals surface area contributed by atoms with Crippen molar-refractivity contribution in [1.29, 1.82) is 0 Å². The lowest BCUT2D eigenvalue weighted by Crippen LogP contribution is -2.30. The number of carbonyl (C=O) groups excluding carboxylic acids is 2. The molecule has 1 aromatic rings. The second-order valence-electron chi connectivity index (χ2n) is 9.11. The van der Waals surface area contributed by atoms with Gasteiger partial charge in [-0.05, 0) is 37.5 Å². The molecular weight excluding hydrogens is 572 g/mol. The van der Waals surface area contributed by atoms with Gasteiger partial charge in [0, 0.05) is 31.4 Å². The second kappa shape index (κ2) is 14.2. The van der Waals surface area contributed by atoms with Crippen LogP contribution < -0.4 is 0 Å². The number of aliphatic hydroxyl groups is 1. The van der Waals surface area contributed by atoms with Crippen molar-refractivity contribution in [1.82, 2.24) is 4.90 Å². The van der Waals surface area contributed by atoms with Crippen molar-refractivity contribution in [2.45, 2.75) is 32.4 Å². The predicted molar refractivity (Wildman–Crippen MR) is 142 cm³/mol. The molecule has 0 bridgehead atoms. The summed E-state index contributed by atoms with van der Waals surface area (Å²) in [6.45, 7) is 0.525. The monoisotopic (exact) mass is 604 g/mol. The molecule has 14 nitrogen and oxygen atoms in total. The standard InChI is InChI=1S/C24H32N2O12S2/c1-17-13-18(5-4-8-27)14-20(23(28)36-9-11-39(2,32)33)21(24(29)37-10-12-40(3,34)35)16-25(17)15-19-6-7-22(38-19)26(30)31/h6-7,13-14,16-17,27H,4-5,8-12,15H2,1-3H3. The van der Waals surface area contributed by atoms with Gasteiger partial charge < -0.3 is 23.9 Å². The zero-order valence-corrected chi connectivity index (χ0v) is 23.9. The SMILES string of the molecule is CC1C=C(CCCO)C=C(C(=O)OCCS(C)(=O)=O)C(C(=O)OCCS(C)(=O)=O)=CN1Cc1ccc([N+](=O)[O-])o1. The molecule has 0 saturated carbocycles. The molecule has 222 valence electrons. The Morgan fingerprint density at radius 2 is 1.62 bits per heavy atom. The van der Waals surface area contributed by atoms with Gasteiger partial charge in [-0.1, -0.05) is 6.08 Å². The van der Waals surface area contributed by atoms with Gasteiger partial charge in [0.1, 0.15) is 23.9 Å². The number of hydrogen-bond donors (Lipinski definition) is 1. The fourth-order valence-corrected chi connectivity index (χ4v) is 4.26. The lowest BCUT2D eigenvalue weighted by atomic mass is 9.97. The number of sulfone groups is 2. The third kappa shape index (κ3) is 10.9. The highest BCUT2D eigenvalue weighted by Crippen LogP contribution is 2.27. The topological polar surface area (TPSA) is 201 Å². The van der Waals surface area contributed by atoms with E-state index in [9.17, 15) is 41.6 Å². The number of furan rings is 1. The number of esters is 2. The van der Waals surface area contributed by atoms with Gasteiger partial charge in [-0.15, -0.1) is 0 Å². The van der Waals surface area contributed by atoms with E-state index in [0.29, 0.717) is 12.0 Å². The van der Waals surface area contributed by atoms with Gasteiger partial charge in [0.2, 0.25) is 0 Å². The van der Waals surface area contributed by atoms with E-state index in [1.807, 2.05) is 0 Å². The van der Waals surface area contributed by atoms with Gasteiger partial charge in [-0.2, -0.15) is 0 Å². The molecule has 0 fully saturated rings.